The smallest absolute Gasteiger partial charge is 0.337 e. The minimum atomic E-state index is -0.573. The molecule has 2 N–H and O–H groups in total. The fourth-order valence-corrected chi connectivity index (χ4v) is 3.54. The number of thioether (sulfide) groups is 1. The highest BCUT2D eigenvalue weighted by molar-refractivity contribution is 8.26. The Labute approximate surface area is 170 Å². The number of carbonyl (C=O) groups excluding carboxylic acids is 3. The molecule has 0 bridgehead atoms. The van der Waals surface area contributed by atoms with Gasteiger partial charge in [-0.2, -0.15) is 5.01 Å². The second kappa shape index (κ2) is 8.24. The molecule has 9 heteroatoms. The number of benzene rings is 2. The first kappa shape index (κ1) is 19.6. The van der Waals surface area contributed by atoms with Crippen molar-refractivity contribution in [2.45, 2.75) is 0 Å². The van der Waals surface area contributed by atoms with E-state index in [1.165, 1.54) is 31.4 Å². The molecular weight excluding hydrogens is 400 g/mol. The summed E-state index contributed by atoms with van der Waals surface area (Å²) >= 11 is 6.22. The van der Waals surface area contributed by atoms with Gasteiger partial charge < -0.3 is 9.84 Å². The van der Waals surface area contributed by atoms with Gasteiger partial charge in [0.05, 0.1) is 17.6 Å². The second-order valence-electron chi connectivity index (χ2n) is 5.62. The van der Waals surface area contributed by atoms with Crippen molar-refractivity contribution in [1.82, 2.24) is 10.4 Å². The predicted octanol–water partition coefficient (Wildman–Crippen LogP) is 2.73. The number of hydrogen-bond acceptors (Lipinski definition) is 7. The van der Waals surface area contributed by atoms with Gasteiger partial charge >= 0.3 is 5.97 Å². The molecule has 1 saturated heterocycles. The summed E-state index contributed by atoms with van der Waals surface area (Å²) in [6.07, 6.45) is 1.61. The first-order chi connectivity index (χ1) is 13.4. The molecule has 0 atom stereocenters. The molecule has 0 aromatic heterocycles. The third kappa shape index (κ3) is 4.21. The Hall–Kier alpha value is -3.17. The van der Waals surface area contributed by atoms with Crippen LogP contribution in [0.1, 0.15) is 26.3 Å². The SMILES string of the molecule is COC(=O)c1ccc(C=C2SC(=S)N(NC(=O)c3cccc(O)c3)C2=O)cc1. The number of aromatic hydroxyl groups is 1. The number of phenols is 1. The largest absolute Gasteiger partial charge is 0.508 e. The van der Waals surface area contributed by atoms with Crippen LogP contribution in [0.5, 0.6) is 5.75 Å². The van der Waals surface area contributed by atoms with Crippen molar-refractivity contribution in [3.8, 4) is 5.75 Å². The molecule has 1 fully saturated rings. The van der Waals surface area contributed by atoms with Crippen molar-refractivity contribution in [2.75, 3.05) is 7.11 Å². The summed E-state index contributed by atoms with van der Waals surface area (Å²) in [5.74, 6) is -1.56. The summed E-state index contributed by atoms with van der Waals surface area (Å²) < 4.78 is 4.82. The molecule has 0 aliphatic carbocycles. The predicted molar refractivity (Wildman–Crippen MR) is 108 cm³/mol. The Bertz CT molecular complexity index is 1000. The highest BCUT2D eigenvalue weighted by Crippen LogP contribution is 2.31. The minimum absolute atomic E-state index is 0.0617. The van der Waals surface area contributed by atoms with Gasteiger partial charge in [0, 0.05) is 5.56 Å². The number of amides is 2. The minimum Gasteiger partial charge on any atom is -0.508 e. The number of nitrogens with zero attached hydrogens (tertiary/aromatic N) is 1. The van der Waals surface area contributed by atoms with Crippen LogP contribution in [-0.2, 0) is 9.53 Å². The van der Waals surface area contributed by atoms with Crippen LogP contribution >= 0.6 is 24.0 Å². The molecule has 1 aliphatic rings. The van der Waals surface area contributed by atoms with Crippen LogP contribution in [0.3, 0.4) is 0 Å². The van der Waals surface area contributed by atoms with Crippen LogP contribution in [-0.4, -0.2) is 39.3 Å². The number of hydrogen-bond donors (Lipinski definition) is 2. The molecule has 0 spiro atoms. The molecule has 28 heavy (non-hydrogen) atoms. The number of esters is 1. The third-order valence-electron chi connectivity index (χ3n) is 3.74. The number of rotatable bonds is 4. The van der Waals surface area contributed by atoms with Crippen molar-refractivity contribution in [3.63, 3.8) is 0 Å². The fourth-order valence-electron chi connectivity index (χ4n) is 2.36. The Morgan fingerprint density at radius 3 is 2.54 bits per heavy atom. The van der Waals surface area contributed by atoms with Crippen LogP contribution in [0.25, 0.3) is 6.08 Å². The normalized spacial score (nSPS) is 15.0. The summed E-state index contributed by atoms with van der Waals surface area (Å²) in [5.41, 5.74) is 3.71. The van der Waals surface area contributed by atoms with Crippen LogP contribution in [0, 0.1) is 0 Å². The monoisotopic (exact) mass is 414 g/mol. The fraction of sp³-hybridized carbons (Fsp3) is 0.0526. The first-order valence-corrected chi connectivity index (χ1v) is 9.18. The lowest BCUT2D eigenvalue weighted by Gasteiger charge is -2.15. The summed E-state index contributed by atoms with van der Waals surface area (Å²) in [5, 5.41) is 10.5. The molecule has 3 rings (SSSR count). The van der Waals surface area contributed by atoms with Gasteiger partial charge in [-0.3, -0.25) is 15.0 Å². The standard InChI is InChI=1S/C19H14N2O5S2/c1-26-18(25)12-7-5-11(6-8-12)9-15-17(24)21(19(27)28-15)20-16(23)13-3-2-4-14(22)10-13/h2-10,22H,1H3,(H,20,23). The topological polar surface area (TPSA) is 95.9 Å². The van der Waals surface area contributed by atoms with Crippen LogP contribution in [0.4, 0.5) is 0 Å². The second-order valence-corrected chi connectivity index (χ2v) is 7.30. The molecule has 2 amide bonds. The molecule has 2 aromatic rings. The van der Waals surface area contributed by atoms with Gasteiger partial charge in [0.1, 0.15) is 5.75 Å². The molecular formula is C19H14N2O5S2. The number of ether oxygens (including phenoxy) is 1. The Morgan fingerprint density at radius 1 is 1.18 bits per heavy atom. The quantitative estimate of drug-likeness (QED) is 0.451. The highest BCUT2D eigenvalue weighted by atomic mass is 32.2. The molecule has 2 aromatic carbocycles. The number of phenolic OH excluding ortho intramolecular Hbond substituents is 1. The van der Waals surface area contributed by atoms with Gasteiger partial charge in [0.15, 0.2) is 4.32 Å². The average molecular weight is 414 g/mol. The van der Waals surface area contributed by atoms with Gasteiger partial charge in [-0.1, -0.05) is 30.0 Å². The van der Waals surface area contributed by atoms with E-state index >= 15 is 0 Å². The lowest BCUT2D eigenvalue weighted by Crippen LogP contribution is -2.44. The number of nitrogens with one attached hydrogen (secondary N) is 1. The summed E-state index contributed by atoms with van der Waals surface area (Å²) in [6, 6.07) is 12.3. The van der Waals surface area contributed by atoms with E-state index in [0.717, 1.165) is 16.8 Å². The van der Waals surface area contributed by atoms with E-state index in [1.807, 2.05) is 0 Å². The van der Waals surface area contributed by atoms with E-state index < -0.39 is 17.8 Å². The maximum absolute atomic E-state index is 12.6. The van der Waals surface area contributed by atoms with E-state index in [0.29, 0.717) is 16.0 Å². The van der Waals surface area contributed by atoms with Crippen LogP contribution in [0.15, 0.2) is 53.4 Å². The number of methoxy groups -OCH3 is 1. The average Bonchev–Trinajstić information content (AvgIpc) is 2.95. The van der Waals surface area contributed by atoms with Gasteiger partial charge in [0.25, 0.3) is 11.8 Å². The lowest BCUT2D eigenvalue weighted by atomic mass is 10.1. The maximum Gasteiger partial charge on any atom is 0.337 e. The molecule has 0 unspecified atom stereocenters. The Morgan fingerprint density at radius 2 is 1.89 bits per heavy atom. The zero-order valence-electron chi connectivity index (χ0n) is 14.5. The number of carbonyl (C=O) groups is 3. The van der Waals surface area contributed by atoms with Crippen molar-refractivity contribution in [3.05, 3.63) is 70.1 Å². The summed E-state index contributed by atoms with van der Waals surface area (Å²) in [4.78, 5) is 36.7. The first-order valence-electron chi connectivity index (χ1n) is 7.95. The number of hydrazine groups is 1. The zero-order valence-corrected chi connectivity index (χ0v) is 16.2. The highest BCUT2D eigenvalue weighted by Gasteiger charge is 2.33. The van der Waals surface area contributed by atoms with E-state index in [-0.39, 0.29) is 15.6 Å². The van der Waals surface area contributed by atoms with Crippen molar-refractivity contribution >= 4 is 52.2 Å². The van der Waals surface area contributed by atoms with Gasteiger partial charge in [-0.05, 0) is 54.2 Å². The molecule has 142 valence electrons. The van der Waals surface area contributed by atoms with Gasteiger partial charge in [-0.25, -0.2) is 4.79 Å². The summed E-state index contributed by atoms with van der Waals surface area (Å²) in [7, 11) is 1.30. The number of thiocarbonyl (C=S) groups is 1. The molecule has 7 nitrogen and oxygen atoms in total. The Balaban J connectivity index is 1.75. The van der Waals surface area contributed by atoms with Crippen molar-refractivity contribution in [2.24, 2.45) is 0 Å². The van der Waals surface area contributed by atoms with E-state index in [1.54, 1.807) is 30.3 Å². The zero-order chi connectivity index (χ0) is 20.3. The van der Waals surface area contributed by atoms with E-state index in [4.69, 9.17) is 12.2 Å². The molecule has 0 radical (unpaired) electrons. The molecule has 1 heterocycles. The van der Waals surface area contributed by atoms with Gasteiger partial charge in [0.2, 0.25) is 0 Å². The van der Waals surface area contributed by atoms with Crippen LogP contribution in [0.2, 0.25) is 0 Å². The lowest BCUT2D eigenvalue weighted by molar-refractivity contribution is -0.123. The summed E-state index contributed by atoms with van der Waals surface area (Å²) in [6.45, 7) is 0. The van der Waals surface area contributed by atoms with Crippen molar-refractivity contribution in [1.29, 1.82) is 0 Å². The molecule has 1 aliphatic heterocycles. The van der Waals surface area contributed by atoms with Crippen LogP contribution < -0.4 is 5.43 Å². The third-order valence-corrected chi connectivity index (χ3v) is 5.05. The van der Waals surface area contributed by atoms with E-state index in [9.17, 15) is 19.5 Å². The molecule has 0 saturated carbocycles. The van der Waals surface area contributed by atoms with Crippen molar-refractivity contribution < 1.29 is 24.2 Å². The van der Waals surface area contributed by atoms with E-state index in [2.05, 4.69) is 10.2 Å². The maximum atomic E-state index is 12.6. The Kier molecular flexibility index (Phi) is 5.76. The van der Waals surface area contributed by atoms with Gasteiger partial charge in [-0.15, -0.1) is 0 Å².